The van der Waals surface area contributed by atoms with E-state index in [-0.39, 0.29) is 0 Å². The third-order valence-corrected chi connectivity index (χ3v) is 6.15. The van der Waals surface area contributed by atoms with Gasteiger partial charge in [0.05, 0.1) is 14.2 Å². The lowest BCUT2D eigenvalue weighted by Crippen LogP contribution is -2.46. The summed E-state index contributed by atoms with van der Waals surface area (Å²) in [5, 5.41) is 0.833. The molecule has 1 aliphatic heterocycles. The van der Waals surface area contributed by atoms with Crippen LogP contribution in [-0.2, 0) is 13.0 Å². The van der Waals surface area contributed by atoms with Crippen LogP contribution in [0.15, 0.2) is 35.7 Å². The molecule has 0 amide bonds. The van der Waals surface area contributed by atoms with Crippen molar-refractivity contribution in [1.29, 1.82) is 0 Å². The first-order valence-electron chi connectivity index (χ1n) is 10.1. The average molecular weight is 417 g/mol. The van der Waals surface area contributed by atoms with Crippen LogP contribution in [0.4, 0.5) is 0 Å². The number of ether oxygens (including phenoxy) is 2. The Kier molecular flexibility index (Phi) is 8.15. The summed E-state index contributed by atoms with van der Waals surface area (Å²) in [5.41, 5.74) is 2.46. The zero-order valence-electron chi connectivity index (χ0n) is 17.9. The molecule has 0 saturated carbocycles. The fraction of sp³-hybridized carbons (Fsp3) is 0.545. The van der Waals surface area contributed by atoms with Gasteiger partial charge in [0.25, 0.3) is 0 Å². The van der Waals surface area contributed by atoms with Gasteiger partial charge in [0, 0.05) is 43.6 Å². The minimum Gasteiger partial charge on any atom is -0.493 e. The summed E-state index contributed by atoms with van der Waals surface area (Å²) >= 11 is 1.58. The average Bonchev–Trinajstić information content (AvgIpc) is 2.78. The predicted octanol–water partition coefficient (Wildman–Crippen LogP) is 3.35. The summed E-state index contributed by atoms with van der Waals surface area (Å²) < 4.78 is 10.8. The Morgan fingerprint density at radius 3 is 2.59 bits per heavy atom. The summed E-state index contributed by atoms with van der Waals surface area (Å²) in [5.74, 6) is 1.58. The SMILES string of the molecule is COc1ccc(CCN(C)[C@@H]2CCCN(Cc3cnc(SC)nc3)C2)cc1OC. The second kappa shape index (κ2) is 10.8. The molecule has 0 aliphatic carbocycles. The Hall–Kier alpha value is -1.83. The lowest BCUT2D eigenvalue weighted by molar-refractivity contribution is 0.112. The normalized spacial score (nSPS) is 17.5. The fourth-order valence-electron chi connectivity index (χ4n) is 3.85. The number of thioether (sulfide) groups is 1. The molecule has 158 valence electrons. The van der Waals surface area contributed by atoms with E-state index in [2.05, 4.69) is 38.9 Å². The number of hydrogen-bond donors (Lipinski definition) is 0. The van der Waals surface area contributed by atoms with Crippen LogP contribution in [0.3, 0.4) is 0 Å². The zero-order valence-corrected chi connectivity index (χ0v) is 18.7. The zero-order chi connectivity index (χ0) is 20.6. The van der Waals surface area contributed by atoms with E-state index in [1.165, 1.54) is 24.0 Å². The molecule has 2 aromatic rings. The van der Waals surface area contributed by atoms with E-state index in [0.717, 1.165) is 49.3 Å². The van der Waals surface area contributed by atoms with E-state index in [1.54, 1.807) is 26.0 Å². The molecule has 3 rings (SSSR count). The highest BCUT2D eigenvalue weighted by atomic mass is 32.2. The number of hydrogen-bond acceptors (Lipinski definition) is 7. The van der Waals surface area contributed by atoms with Gasteiger partial charge in [0.15, 0.2) is 16.7 Å². The third-order valence-electron chi connectivity index (χ3n) is 5.58. The molecule has 1 fully saturated rings. The van der Waals surface area contributed by atoms with Crippen molar-refractivity contribution in [3.8, 4) is 11.5 Å². The number of methoxy groups -OCH3 is 2. The van der Waals surface area contributed by atoms with Gasteiger partial charge < -0.3 is 14.4 Å². The molecule has 0 radical (unpaired) electrons. The van der Waals surface area contributed by atoms with Crippen molar-refractivity contribution in [3.63, 3.8) is 0 Å². The van der Waals surface area contributed by atoms with E-state index in [4.69, 9.17) is 9.47 Å². The van der Waals surface area contributed by atoms with Crippen LogP contribution in [0.2, 0.25) is 0 Å². The minimum atomic E-state index is 0.579. The first-order valence-corrected chi connectivity index (χ1v) is 11.3. The summed E-state index contributed by atoms with van der Waals surface area (Å²) in [4.78, 5) is 13.8. The Morgan fingerprint density at radius 1 is 1.14 bits per heavy atom. The summed E-state index contributed by atoms with van der Waals surface area (Å²) in [6.45, 7) is 4.19. The lowest BCUT2D eigenvalue weighted by Gasteiger charge is -2.37. The molecule has 2 heterocycles. The standard InChI is InChI=1S/C22H32N4O2S/c1-25(11-9-17-7-8-20(27-2)21(12-17)28-3)19-6-5-10-26(16-19)15-18-13-23-22(29-4)24-14-18/h7-8,12-14,19H,5-6,9-11,15-16H2,1-4H3/t19-/m1/s1. The summed E-state index contributed by atoms with van der Waals surface area (Å²) in [6.07, 6.45) is 9.40. The lowest BCUT2D eigenvalue weighted by atomic mass is 10.0. The monoisotopic (exact) mass is 416 g/mol. The Labute approximate surface area is 178 Å². The number of benzene rings is 1. The molecule has 0 unspecified atom stereocenters. The van der Waals surface area contributed by atoms with Crippen molar-refractivity contribution in [3.05, 3.63) is 41.7 Å². The van der Waals surface area contributed by atoms with Gasteiger partial charge in [-0.1, -0.05) is 17.8 Å². The van der Waals surface area contributed by atoms with Gasteiger partial charge in [-0.3, -0.25) is 4.90 Å². The van der Waals surface area contributed by atoms with E-state index < -0.39 is 0 Å². The Bertz CT molecular complexity index is 772. The number of aromatic nitrogens is 2. The molecular weight excluding hydrogens is 384 g/mol. The van der Waals surface area contributed by atoms with Crippen LogP contribution in [0.1, 0.15) is 24.0 Å². The number of likely N-dealkylation sites (N-methyl/N-ethyl adjacent to an activating group) is 1. The maximum absolute atomic E-state index is 5.43. The first kappa shape index (κ1) is 21.9. The molecule has 1 aliphatic rings. The highest BCUT2D eigenvalue weighted by Crippen LogP contribution is 2.28. The van der Waals surface area contributed by atoms with Crippen LogP contribution in [-0.4, -0.2) is 73.0 Å². The van der Waals surface area contributed by atoms with E-state index in [9.17, 15) is 0 Å². The molecule has 0 N–H and O–H groups in total. The highest BCUT2D eigenvalue weighted by molar-refractivity contribution is 7.98. The molecule has 6 nitrogen and oxygen atoms in total. The van der Waals surface area contributed by atoms with Gasteiger partial charge in [-0.15, -0.1) is 0 Å². The molecule has 1 saturated heterocycles. The topological polar surface area (TPSA) is 50.7 Å². The second-order valence-electron chi connectivity index (χ2n) is 7.53. The summed E-state index contributed by atoms with van der Waals surface area (Å²) in [6, 6.07) is 6.77. The highest BCUT2D eigenvalue weighted by Gasteiger charge is 2.23. The number of nitrogens with zero attached hydrogens (tertiary/aromatic N) is 4. The van der Waals surface area contributed by atoms with Gasteiger partial charge in [0.1, 0.15) is 0 Å². The van der Waals surface area contributed by atoms with Crippen LogP contribution >= 0.6 is 11.8 Å². The molecule has 1 aromatic carbocycles. The smallest absolute Gasteiger partial charge is 0.187 e. The predicted molar refractivity (Wildman–Crippen MR) is 118 cm³/mol. The van der Waals surface area contributed by atoms with Crippen molar-refractivity contribution in [2.45, 2.75) is 37.0 Å². The van der Waals surface area contributed by atoms with E-state index in [1.807, 2.05) is 24.7 Å². The number of piperidine rings is 1. The Balaban J connectivity index is 1.51. The molecule has 7 heteroatoms. The van der Waals surface area contributed by atoms with Crippen molar-refractivity contribution in [2.75, 3.05) is 47.2 Å². The first-order chi connectivity index (χ1) is 14.1. The van der Waals surface area contributed by atoms with Crippen molar-refractivity contribution < 1.29 is 9.47 Å². The molecule has 0 bridgehead atoms. The largest absolute Gasteiger partial charge is 0.493 e. The summed E-state index contributed by atoms with van der Waals surface area (Å²) in [7, 11) is 5.60. The molecular formula is C22H32N4O2S. The van der Waals surface area contributed by atoms with Gasteiger partial charge in [-0.2, -0.15) is 0 Å². The maximum Gasteiger partial charge on any atom is 0.187 e. The van der Waals surface area contributed by atoms with Crippen molar-refractivity contribution in [2.24, 2.45) is 0 Å². The second-order valence-corrected chi connectivity index (χ2v) is 8.30. The minimum absolute atomic E-state index is 0.579. The van der Waals surface area contributed by atoms with Crippen LogP contribution in [0, 0.1) is 0 Å². The number of likely N-dealkylation sites (tertiary alicyclic amines) is 1. The van der Waals surface area contributed by atoms with Crippen LogP contribution in [0.5, 0.6) is 11.5 Å². The quantitative estimate of drug-likeness (QED) is 0.459. The molecule has 0 spiro atoms. The van der Waals surface area contributed by atoms with Crippen molar-refractivity contribution >= 4 is 11.8 Å². The third kappa shape index (κ3) is 6.07. The molecule has 29 heavy (non-hydrogen) atoms. The van der Waals surface area contributed by atoms with Gasteiger partial charge in [-0.05, 0) is 56.8 Å². The molecule has 1 aromatic heterocycles. The Morgan fingerprint density at radius 2 is 1.90 bits per heavy atom. The maximum atomic E-state index is 5.43. The number of rotatable bonds is 9. The van der Waals surface area contributed by atoms with Crippen LogP contribution < -0.4 is 9.47 Å². The van der Waals surface area contributed by atoms with Crippen LogP contribution in [0.25, 0.3) is 0 Å². The van der Waals surface area contributed by atoms with E-state index in [0.29, 0.717) is 6.04 Å². The van der Waals surface area contributed by atoms with Gasteiger partial charge >= 0.3 is 0 Å². The van der Waals surface area contributed by atoms with Gasteiger partial charge in [-0.25, -0.2) is 9.97 Å². The van der Waals surface area contributed by atoms with Crippen molar-refractivity contribution in [1.82, 2.24) is 19.8 Å². The fourth-order valence-corrected chi connectivity index (χ4v) is 4.16. The van der Waals surface area contributed by atoms with Gasteiger partial charge in [0.2, 0.25) is 0 Å². The molecule has 1 atom stereocenters. The van der Waals surface area contributed by atoms with E-state index >= 15 is 0 Å².